The molecule has 0 aliphatic heterocycles. The Balaban J connectivity index is 3.01. The maximum Gasteiger partial charge on any atom is -0.00780 e. The molecule has 0 N–H and O–H groups in total. The number of benzene rings is 1. The van der Waals surface area contributed by atoms with E-state index in [0.717, 1.165) is 0 Å². The Kier molecular flexibility index (Phi) is 5.01. The third kappa shape index (κ3) is 3.16. The van der Waals surface area contributed by atoms with Crippen LogP contribution >= 0.6 is 0 Å². The number of rotatable bonds is 6. The zero-order valence-electron chi connectivity index (χ0n) is 13.1. The Morgan fingerprint density at radius 2 is 1.28 bits per heavy atom. The molecule has 0 amide bonds. The van der Waals surface area contributed by atoms with Crippen molar-refractivity contribution in [1.29, 1.82) is 0 Å². The molecule has 0 aliphatic carbocycles. The van der Waals surface area contributed by atoms with Crippen LogP contribution in [0.5, 0.6) is 0 Å². The SMILES string of the molecule is CCCC(C)(CC)c1ccc(C(C)(C)CC)cc1. The molecule has 0 bridgehead atoms. The highest BCUT2D eigenvalue weighted by molar-refractivity contribution is 5.32. The second-order valence-corrected chi connectivity index (χ2v) is 6.48. The zero-order chi connectivity index (χ0) is 13.8. The van der Waals surface area contributed by atoms with Crippen LogP contribution in [0.4, 0.5) is 0 Å². The fourth-order valence-corrected chi connectivity index (χ4v) is 2.60. The van der Waals surface area contributed by atoms with Crippen molar-refractivity contribution in [3.63, 3.8) is 0 Å². The highest BCUT2D eigenvalue weighted by atomic mass is 14.3. The van der Waals surface area contributed by atoms with Gasteiger partial charge in [-0.3, -0.25) is 0 Å². The fraction of sp³-hybridized carbons (Fsp3) is 0.667. The normalized spacial score (nSPS) is 15.4. The molecule has 0 heterocycles. The average Bonchev–Trinajstić information content (AvgIpc) is 2.39. The first kappa shape index (κ1) is 15.3. The van der Waals surface area contributed by atoms with Gasteiger partial charge in [0.1, 0.15) is 0 Å². The van der Waals surface area contributed by atoms with Crippen molar-refractivity contribution in [1.82, 2.24) is 0 Å². The van der Waals surface area contributed by atoms with Crippen molar-refractivity contribution in [3.8, 4) is 0 Å². The van der Waals surface area contributed by atoms with Gasteiger partial charge < -0.3 is 0 Å². The van der Waals surface area contributed by atoms with Gasteiger partial charge in [-0.25, -0.2) is 0 Å². The largest absolute Gasteiger partial charge is 0.0654 e. The van der Waals surface area contributed by atoms with Crippen molar-refractivity contribution < 1.29 is 0 Å². The minimum absolute atomic E-state index is 0.298. The van der Waals surface area contributed by atoms with Crippen LogP contribution in [-0.4, -0.2) is 0 Å². The number of hydrogen-bond donors (Lipinski definition) is 0. The van der Waals surface area contributed by atoms with Crippen molar-refractivity contribution >= 4 is 0 Å². The molecule has 1 atom stereocenters. The highest BCUT2D eigenvalue weighted by Gasteiger charge is 2.24. The Morgan fingerprint density at radius 3 is 1.67 bits per heavy atom. The van der Waals surface area contributed by atoms with Crippen molar-refractivity contribution in [3.05, 3.63) is 35.4 Å². The quantitative estimate of drug-likeness (QED) is 0.591. The van der Waals surface area contributed by atoms with E-state index in [-0.39, 0.29) is 0 Å². The molecule has 0 radical (unpaired) electrons. The summed E-state index contributed by atoms with van der Waals surface area (Å²) in [6.07, 6.45) is 4.94. The molecule has 0 saturated heterocycles. The summed E-state index contributed by atoms with van der Waals surface area (Å²) in [5, 5.41) is 0. The van der Waals surface area contributed by atoms with Gasteiger partial charge in [-0.05, 0) is 41.2 Å². The monoisotopic (exact) mass is 246 g/mol. The smallest absolute Gasteiger partial charge is 0.00780 e. The maximum atomic E-state index is 2.40. The predicted octanol–water partition coefficient (Wildman–Crippen LogP) is 5.84. The fourth-order valence-electron chi connectivity index (χ4n) is 2.60. The summed E-state index contributed by atoms with van der Waals surface area (Å²) in [5.41, 5.74) is 3.61. The second-order valence-electron chi connectivity index (χ2n) is 6.48. The molecule has 1 rings (SSSR count). The van der Waals surface area contributed by atoms with Crippen LogP contribution in [0, 0.1) is 0 Å². The summed E-state index contributed by atoms with van der Waals surface area (Å²) < 4.78 is 0. The van der Waals surface area contributed by atoms with Crippen LogP contribution < -0.4 is 0 Å². The standard InChI is InChI=1S/C18H30/c1-7-14-18(6,9-3)16-12-10-15(11-13-16)17(4,5)8-2/h10-13H,7-9,14H2,1-6H3. The van der Waals surface area contributed by atoms with Crippen molar-refractivity contribution in [2.75, 3.05) is 0 Å². The minimum atomic E-state index is 0.298. The molecule has 0 heteroatoms. The van der Waals surface area contributed by atoms with E-state index in [2.05, 4.69) is 65.8 Å². The van der Waals surface area contributed by atoms with E-state index < -0.39 is 0 Å². The molecule has 0 saturated carbocycles. The summed E-state index contributed by atoms with van der Waals surface area (Å²) in [6, 6.07) is 9.38. The van der Waals surface area contributed by atoms with Gasteiger partial charge in [-0.1, -0.05) is 72.2 Å². The van der Waals surface area contributed by atoms with Crippen LogP contribution in [-0.2, 0) is 10.8 Å². The second kappa shape index (κ2) is 5.91. The van der Waals surface area contributed by atoms with Gasteiger partial charge in [0.2, 0.25) is 0 Å². The predicted molar refractivity (Wildman–Crippen MR) is 82.3 cm³/mol. The first-order valence-electron chi connectivity index (χ1n) is 7.50. The lowest BCUT2D eigenvalue weighted by Gasteiger charge is -2.30. The Labute approximate surface area is 114 Å². The summed E-state index contributed by atoms with van der Waals surface area (Å²) in [6.45, 7) is 13.9. The molecule has 0 nitrogen and oxygen atoms in total. The molecule has 0 fully saturated rings. The van der Waals surface area contributed by atoms with Gasteiger partial charge >= 0.3 is 0 Å². The van der Waals surface area contributed by atoms with Crippen LogP contribution in [0.15, 0.2) is 24.3 Å². The third-order valence-corrected chi connectivity index (χ3v) is 4.83. The van der Waals surface area contributed by atoms with E-state index in [1.54, 1.807) is 0 Å². The topological polar surface area (TPSA) is 0 Å². The summed E-state index contributed by atoms with van der Waals surface area (Å²) in [5.74, 6) is 0. The summed E-state index contributed by atoms with van der Waals surface area (Å²) in [4.78, 5) is 0. The van der Waals surface area contributed by atoms with E-state index in [9.17, 15) is 0 Å². The van der Waals surface area contributed by atoms with Crippen LogP contribution in [0.2, 0.25) is 0 Å². The van der Waals surface area contributed by atoms with Gasteiger partial charge in [0.25, 0.3) is 0 Å². The average molecular weight is 246 g/mol. The van der Waals surface area contributed by atoms with Crippen molar-refractivity contribution in [2.24, 2.45) is 0 Å². The molecule has 102 valence electrons. The van der Waals surface area contributed by atoms with Gasteiger partial charge in [-0.2, -0.15) is 0 Å². The van der Waals surface area contributed by atoms with Gasteiger partial charge in [0.05, 0.1) is 0 Å². The van der Waals surface area contributed by atoms with Crippen molar-refractivity contribution in [2.45, 2.75) is 78.1 Å². The van der Waals surface area contributed by atoms with Gasteiger partial charge in [0, 0.05) is 0 Å². The first-order chi connectivity index (χ1) is 8.39. The molecule has 0 aliphatic rings. The molecule has 1 aromatic carbocycles. The highest BCUT2D eigenvalue weighted by Crippen LogP contribution is 2.34. The molecular weight excluding hydrogens is 216 g/mol. The van der Waals surface area contributed by atoms with Crippen LogP contribution in [0.3, 0.4) is 0 Å². The van der Waals surface area contributed by atoms with Gasteiger partial charge in [-0.15, -0.1) is 0 Å². The summed E-state index contributed by atoms with van der Waals surface area (Å²) >= 11 is 0. The van der Waals surface area contributed by atoms with Crippen LogP contribution in [0.25, 0.3) is 0 Å². The Bertz CT molecular complexity index is 358. The zero-order valence-corrected chi connectivity index (χ0v) is 13.1. The van der Waals surface area contributed by atoms with E-state index in [4.69, 9.17) is 0 Å². The lowest BCUT2D eigenvalue weighted by atomic mass is 9.75. The Hall–Kier alpha value is -0.780. The minimum Gasteiger partial charge on any atom is -0.0654 e. The van der Waals surface area contributed by atoms with E-state index in [1.165, 1.54) is 36.8 Å². The van der Waals surface area contributed by atoms with E-state index >= 15 is 0 Å². The lowest BCUT2D eigenvalue weighted by molar-refractivity contribution is 0.413. The lowest BCUT2D eigenvalue weighted by Crippen LogP contribution is -2.21. The Morgan fingerprint density at radius 1 is 0.778 bits per heavy atom. The third-order valence-electron chi connectivity index (χ3n) is 4.83. The molecule has 1 aromatic rings. The molecule has 0 aromatic heterocycles. The maximum absolute atomic E-state index is 2.40. The van der Waals surface area contributed by atoms with Crippen LogP contribution in [0.1, 0.15) is 78.4 Å². The van der Waals surface area contributed by atoms with Gasteiger partial charge in [0.15, 0.2) is 0 Å². The summed E-state index contributed by atoms with van der Waals surface area (Å²) in [7, 11) is 0. The van der Waals surface area contributed by atoms with E-state index in [1.807, 2.05) is 0 Å². The number of hydrogen-bond acceptors (Lipinski definition) is 0. The molecular formula is C18H30. The molecule has 1 unspecified atom stereocenters. The molecule has 18 heavy (non-hydrogen) atoms. The first-order valence-corrected chi connectivity index (χ1v) is 7.50. The van der Waals surface area contributed by atoms with E-state index in [0.29, 0.717) is 10.8 Å². The molecule has 0 spiro atoms.